The van der Waals surface area contributed by atoms with Gasteiger partial charge in [-0.25, -0.2) is 0 Å². The van der Waals surface area contributed by atoms with E-state index in [4.69, 9.17) is 4.98 Å². The molecule has 7 nitrogen and oxygen atoms in total. The van der Waals surface area contributed by atoms with E-state index in [1.54, 1.807) is 19.0 Å². The molecule has 1 aliphatic carbocycles. The van der Waals surface area contributed by atoms with Crippen molar-refractivity contribution in [1.29, 1.82) is 0 Å². The molecule has 206 valence electrons. The molecule has 0 radical (unpaired) electrons. The predicted octanol–water partition coefficient (Wildman–Crippen LogP) is 5.56. The molecule has 1 saturated heterocycles. The van der Waals surface area contributed by atoms with Gasteiger partial charge in [-0.05, 0) is 64.9 Å². The number of piperidine rings is 1. The van der Waals surface area contributed by atoms with E-state index in [2.05, 4.69) is 18.3 Å². The number of anilines is 1. The van der Waals surface area contributed by atoms with Gasteiger partial charge in [0.15, 0.2) is 0 Å². The molecule has 3 amide bonds. The SMILES string of the molecule is CC(=O)Nc1ccc(-c2ccnc3c2C=C(CN2CC[C@H](c4ccc(C(=O)N(C)C)cc4)C(C)C2=O)C3C)cc1. The standard InChI is InChI=1S/C33H36N4O3/c1-20-26(18-30-29(14-16-34-31(20)30)24-10-12-27(13-11-24)35-22(3)38)19-37-17-15-28(21(2)32(37)39)23-6-8-25(9-7-23)33(40)36(4)5/h6-14,16,18,20-21,28H,15,17,19H2,1-5H3,(H,35,38)/t20?,21?,28-/m0/s1. The van der Waals surface area contributed by atoms with Gasteiger partial charge in [0.25, 0.3) is 5.91 Å². The molecule has 3 aromatic rings. The van der Waals surface area contributed by atoms with Crippen LogP contribution in [0.4, 0.5) is 5.69 Å². The monoisotopic (exact) mass is 536 g/mol. The Balaban J connectivity index is 1.31. The molecule has 2 aliphatic rings. The number of hydrogen-bond donors (Lipinski definition) is 1. The number of aromatic nitrogens is 1. The quantitative estimate of drug-likeness (QED) is 0.447. The number of nitrogens with one attached hydrogen (secondary N) is 1. The summed E-state index contributed by atoms with van der Waals surface area (Å²) < 4.78 is 0. The first kappa shape index (κ1) is 27.3. The van der Waals surface area contributed by atoms with Crippen LogP contribution in [0, 0.1) is 5.92 Å². The summed E-state index contributed by atoms with van der Waals surface area (Å²) in [5.41, 5.74) is 7.99. The van der Waals surface area contributed by atoms with E-state index in [0.717, 1.165) is 40.1 Å². The zero-order valence-electron chi connectivity index (χ0n) is 23.8. The second kappa shape index (κ2) is 11.1. The van der Waals surface area contributed by atoms with Crippen LogP contribution in [-0.2, 0) is 9.59 Å². The topological polar surface area (TPSA) is 82.6 Å². The van der Waals surface area contributed by atoms with Crippen molar-refractivity contribution in [2.24, 2.45) is 5.92 Å². The molecule has 2 heterocycles. The Morgan fingerprint density at radius 2 is 1.73 bits per heavy atom. The van der Waals surface area contributed by atoms with Gasteiger partial charge < -0.3 is 15.1 Å². The van der Waals surface area contributed by atoms with E-state index in [1.807, 2.05) is 72.6 Å². The molecule has 40 heavy (non-hydrogen) atoms. The highest BCUT2D eigenvalue weighted by atomic mass is 16.2. The first-order chi connectivity index (χ1) is 19.1. The van der Waals surface area contributed by atoms with Gasteiger partial charge in [0.1, 0.15) is 0 Å². The summed E-state index contributed by atoms with van der Waals surface area (Å²) in [6.45, 7) is 6.95. The number of fused-ring (bicyclic) bond motifs is 1. The van der Waals surface area contributed by atoms with Gasteiger partial charge in [0.2, 0.25) is 11.8 Å². The van der Waals surface area contributed by atoms with E-state index in [-0.39, 0.29) is 35.5 Å². The fourth-order valence-electron chi connectivity index (χ4n) is 5.92. The number of carbonyl (C=O) groups is 3. The zero-order valence-corrected chi connectivity index (χ0v) is 23.8. The lowest BCUT2D eigenvalue weighted by Crippen LogP contribution is -2.44. The van der Waals surface area contributed by atoms with Crippen LogP contribution in [0.2, 0.25) is 0 Å². The van der Waals surface area contributed by atoms with E-state index in [1.165, 1.54) is 12.5 Å². The number of nitrogens with zero attached hydrogens (tertiary/aromatic N) is 3. The Labute approximate surface area is 235 Å². The Hall–Kier alpha value is -4.26. The van der Waals surface area contributed by atoms with Crippen molar-refractivity contribution in [2.45, 2.75) is 39.0 Å². The maximum absolute atomic E-state index is 13.5. The minimum absolute atomic E-state index is 0.0231. The molecular formula is C33H36N4O3. The molecule has 2 unspecified atom stereocenters. The highest BCUT2D eigenvalue weighted by Gasteiger charge is 2.36. The van der Waals surface area contributed by atoms with Crippen LogP contribution < -0.4 is 5.32 Å². The van der Waals surface area contributed by atoms with Crippen LogP contribution in [0.15, 0.2) is 66.4 Å². The Morgan fingerprint density at radius 1 is 1.02 bits per heavy atom. The number of amides is 3. The van der Waals surface area contributed by atoms with Crippen molar-refractivity contribution in [3.8, 4) is 11.1 Å². The fraction of sp³-hybridized carbons (Fsp3) is 0.333. The van der Waals surface area contributed by atoms with Crippen molar-refractivity contribution >= 4 is 29.5 Å². The lowest BCUT2D eigenvalue weighted by atomic mass is 9.80. The van der Waals surface area contributed by atoms with Crippen LogP contribution in [-0.4, -0.2) is 59.7 Å². The van der Waals surface area contributed by atoms with Crippen molar-refractivity contribution in [3.63, 3.8) is 0 Å². The molecule has 0 bridgehead atoms. The third kappa shape index (κ3) is 5.28. The van der Waals surface area contributed by atoms with Crippen LogP contribution in [0.25, 0.3) is 17.2 Å². The van der Waals surface area contributed by atoms with Crippen LogP contribution in [0.5, 0.6) is 0 Å². The molecule has 3 atom stereocenters. The first-order valence-electron chi connectivity index (χ1n) is 13.8. The summed E-state index contributed by atoms with van der Waals surface area (Å²) in [6.07, 6.45) is 4.93. The number of likely N-dealkylation sites (tertiary alicyclic amines) is 1. The summed E-state index contributed by atoms with van der Waals surface area (Å²) >= 11 is 0. The minimum Gasteiger partial charge on any atom is -0.345 e. The van der Waals surface area contributed by atoms with Crippen molar-refractivity contribution in [2.75, 3.05) is 32.5 Å². The Bertz CT molecular complexity index is 1470. The lowest BCUT2D eigenvalue weighted by molar-refractivity contribution is -0.138. The van der Waals surface area contributed by atoms with Gasteiger partial charge in [-0.3, -0.25) is 19.4 Å². The highest BCUT2D eigenvalue weighted by molar-refractivity contribution is 5.94. The van der Waals surface area contributed by atoms with Gasteiger partial charge in [0.05, 0.1) is 5.69 Å². The van der Waals surface area contributed by atoms with Gasteiger partial charge in [-0.15, -0.1) is 0 Å². The normalized spacial score (nSPS) is 20.1. The van der Waals surface area contributed by atoms with Crippen molar-refractivity contribution < 1.29 is 14.4 Å². The second-order valence-electron chi connectivity index (χ2n) is 11.1. The molecular weight excluding hydrogens is 500 g/mol. The van der Waals surface area contributed by atoms with Gasteiger partial charge in [-0.2, -0.15) is 0 Å². The molecule has 1 fully saturated rings. The van der Waals surface area contributed by atoms with Crippen LogP contribution >= 0.6 is 0 Å². The Kier molecular flexibility index (Phi) is 7.57. The molecule has 1 aliphatic heterocycles. The maximum atomic E-state index is 13.5. The van der Waals surface area contributed by atoms with E-state index in [9.17, 15) is 14.4 Å². The van der Waals surface area contributed by atoms with Crippen molar-refractivity contribution in [3.05, 3.63) is 88.8 Å². The largest absolute Gasteiger partial charge is 0.345 e. The highest BCUT2D eigenvalue weighted by Crippen LogP contribution is 2.41. The summed E-state index contributed by atoms with van der Waals surface area (Å²) in [5.74, 6) is 0.158. The average Bonchev–Trinajstić information content (AvgIpc) is 3.26. The van der Waals surface area contributed by atoms with Gasteiger partial charge >= 0.3 is 0 Å². The van der Waals surface area contributed by atoms with Gasteiger partial charge in [-0.1, -0.05) is 44.2 Å². The molecule has 1 aromatic heterocycles. The summed E-state index contributed by atoms with van der Waals surface area (Å²) in [4.78, 5) is 45.4. The number of hydrogen-bond acceptors (Lipinski definition) is 4. The number of pyridine rings is 1. The third-order valence-corrected chi connectivity index (χ3v) is 8.21. The third-order valence-electron chi connectivity index (χ3n) is 8.21. The fourth-order valence-corrected chi connectivity index (χ4v) is 5.92. The first-order valence-corrected chi connectivity index (χ1v) is 13.8. The Morgan fingerprint density at radius 3 is 2.38 bits per heavy atom. The number of rotatable bonds is 6. The lowest BCUT2D eigenvalue weighted by Gasteiger charge is -2.37. The van der Waals surface area contributed by atoms with E-state index in [0.29, 0.717) is 18.7 Å². The molecule has 0 spiro atoms. The summed E-state index contributed by atoms with van der Waals surface area (Å²) in [6, 6.07) is 17.6. The maximum Gasteiger partial charge on any atom is 0.253 e. The van der Waals surface area contributed by atoms with Crippen molar-refractivity contribution in [1.82, 2.24) is 14.8 Å². The molecule has 1 N–H and O–H groups in total. The number of carbonyl (C=O) groups excluding carboxylic acids is 3. The van der Waals surface area contributed by atoms with Crippen LogP contribution in [0.1, 0.15) is 66.2 Å². The summed E-state index contributed by atoms with van der Waals surface area (Å²) in [7, 11) is 3.49. The molecule has 7 heteroatoms. The van der Waals surface area contributed by atoms with Crippen LogP contribution in [0.3, 0.4) is 0 Å². The summed E-state index contributed by atoms with van der Waals surface area (Å²) in [5, 5.41) is 2.81. The molecule has 0 saturated carbocycles. The van der Waals surface area contributed by atoms with Gasteiger partial charge in [0, 0.05) is 69.0 Å². The minimum atomic E-state index is -0.139. The smallest absolute Gasteiger partial charge is 0.253 e. The second-order valence-corrected chi connectivity index (χ2v) is 11.1. The zero-order chi connectivity index (χ0) is 28.6. The predicted molar refractivity (Wildman–Crippen MR) is 158 cm³/mol. The molecule has 2 aromatic carbocycles. The molecule has 5 rings (SSSR count). The number of benzene rings is 2. The van der Waals surface area contributed by atoms with E-state index < -0.39 is 0 Å². The van der Waals surface area contributed by atoms with E-state index >= 15 is 0 Å². The average molecular weight is 537 g/mol.